The van der Waals surface area contributed by atoms with Gasteiger partial charge in [0.05, 0.1) is 0 Å². The van der Waals surface area contributed by atoms with Gasteiger partial charge < -0.3 is 10.6 Å². The molecule has 2 N–H and O–H groups in total. The summed E-state index contributed by atoms with van der Waals surface area (Å²) in [5.74, 6) is 0.614. The molecule has 1 aliphatic carbocycles. The third-order valence-electron chi connectivity index (χ3n) is 3.86. The second-order valence-corrected chi connectivity index (χ2v) is 5.78. The third-order valence-corrected chi connectivity index (χ3v) is 3.86. The molecule has 4 heteroatoms. The first kappa shape index (κ1) is 15.5. The summed E-state index contributed by atoms with van der Waals surface area (Å²) in [6.07, 6.45) is 6.77. The minimum atomic E-state index is 0.00642. The molecule has 1 aromatic carbocycles. The zero-order valence-corrected chi connectivity index (χ0v) is 12.7. The van der Waals surface area contributed by atoms with Gasteiger partial charge in [-0.05, 0) is 43.4 Å². The van der Waals surface area contributed by atoms with Gasteiger partial charge in [0.1, 0.15) is 0 Å². The molecule has 1 aromatic rings. The monoisotopic (exact) mass is 288 g/mol. The number of nitrogens with one attached hydrogen (secondary N) is 2. The van der Waals surface area contributed by atoms with Crippen molar-refractivity contribution in [1.82, 2.24) is 0 Å². The van der Waals surface area contributed by atoms with Crippen molar-refractivity contribution < 1.29 is 9.59 Å². The van der Waals surface area contributed by atoms with Gasteiger partial charge >= 0.3 is 0 Å². The number of carbonyl (C=O) groups is 2. The maximum atomic E-state index is 12.0. The van der Waals surface area contributed by atoms with E-state index in [0.717, 1.165) is 17.8 Å². The van der Waals surface area contributed by atoms with Gasteiger partial charge in [-0.15, -0.1) is 0 Å². The number of hydrogen-bond acceptors (Lipinski definition) is 2. The lowest BCUT2D eigenvalue weighted by molar-refractivity contribution is -0.117. The Morgan fingerprint density at radius 1 is 1.10 bits per heavy atom. The van der Waals surface area contributed by atoms with Gasteiger partial charge in [-0.25, -0.2) is 0 Å². The molecular weight excluding hydrogens is 264 g/mol. The predicted octanol–water partition coefficient (Wildman–Crippen LogP) is 3.94. The lowest BCUT2D eigenvalue weighted by atomic mass is 10.0. The summed E-state index contributed by atoms with van der Waals surface area (Å²) in [5, 5.41) is 5.76. The van der Waals surface area contributed by atoms with Crippen molar-refractivity contribution in [1.29, 1.82) is 0 Å². The van der Waals surface area contributed by atoms with E-state index in [9.17, 15) is 9.59 Å². The molecule has 1 aliphatic rings. The van der Waals surface area contributed by atoms with E-state index < -0.39 is 0 Å². The Morgan fingerprint density at radius 2 is 1.71 bits per heavy atom. The Labute approximate surface area is 126 Å². The molecule has 0 bridgehead atoms. The largest absolute Gasteiger partial charge is 0.326 e. The molecule has 1 fully saturated rings. The average Bonchev–Trinajstić information content (AvgIpc) is 2.92. The normalized spacial score (nSPS) is 14.9. The van der Waals surface area contributed by atoms with Gasteiger partial charge in [0.25, 0.3) is 0 Å². The molecule has 4 nitrogen and oxygen atoms in total. The van der Waals surface area contributed by atoms with E-state index >= 15 is 0 Å². The quantitative estimate of drug-likeness (QED) is 0.833. The minimum absolute atomic E-state index is 0.00642. The van der Waals surface area contributed by atoms with Crippen molar-refractivity contribution in [2.75, 3.05) is 10.6 Å². The number of anilines is 2. The summed E-state index contributed by atoms with van der Waals surface area (Å²) in [5.41, 5.74) is 1.47. The molecule has 2 rings (SSSR count). The highest BCUT2D eigenvalue weighted by atomic mass is 16.2. The van der Waals surface area contributed by atoms with E-state index in [1.54, 1.807) is 6.07 Å². The molecular formula is C17H24N2O2. The van der Waals surface area contributed by atoms with Crippen molar-refractivity contribution in [2.24, 2.45) is 5.92 Å². The molecule has 0 atom stereocenters. The Kier molecular flexibility index (Phi) is 5.78. The first-order valence-electron chi connectivity index (χ1n) is 7.87. The van der Waals surface area contributed by atoms with Crippen molar-refractivity contribution in [2.45, 2.75) is 51.9 Å². The Bertz CT molecular complexity index is 493. The fourth-order valence-electron chi connectivity index (χ4n) is 2.81. The van der Waals surface area contributed by atoms with E-state index in [0.29, 0.717) is 18.8 Å². The summed E-state index contributed by atoms with van der Waals surface area (Å²) < 4.78 is 0. The lowest BCUT2D eigenvalue weighted by Gasteiger charge is -2.11. The van der Waals surface area contributed by atoms with Crippen molar-refractivity contribution in [3.05, 3.63) is 24.3 Å². The van der Waals surface area contributed by atoms with Gasteiger partial charge in [0.15, 0.2) is 0 Å². The van der Waals surface area contributed by atoms with E-state index in [1.807, 2.05) is 25.1 Å². The highest BCUT2D eigenvalue weighted by Crippen LogP contribution is 2.28. The molecule has 0 heterocycles. The lowest BCUT2D eigenvalue weighted by Crippen LogP contribution is -2.15. The summed E-state index contributed by atoms with van der Waals surface area (Å²) in [4.78, 5) is 23.6. The van der Waals surface area contributed by atoms with Crippen LogP contribution in [0.25, 0.3) is 0 Å². The smallest absolute Gasteiger partial charge is 0.224 e. The van der Waals surface area contributed by atoms with Crippen LogP contribution in [0.3, 0.4) is 0 Å². The molecule has 0 radical (unpaired) electrons. The summed E-state index contributed by atoms with van der Waals surface area (Å²) >= 11 is 0. The molecule has 0 aromatic heterocycles. The minimum Gasteiger partial charge on any atom is -0.326 e. The van der Waals surface area contributed by atoms with Crippen molar-refractivity contribution >= 4 is 23.2 Å². The highest BCUT2D eigenvalue weighted by Gasteiger charge is 2.18. The van der Waals surface area contributed by atoms with Crippen LogP contribution in [0.5, 0.6) is 0 Å². The van der Waals surface area contributed by atoms with Crippen LogP contribution in [0.1, 0.15) is 51.9 Å². The van der Waals surface area contributed by atoms with Crippen LogP contribution in [0.2, 0.25) is 0 Å². The van der Waals surface area contributed by atoms with Gasteiger partial charge in [0.2, 0.25) is 11.8 Å². The topological polar surface area (TPSA) is 58.2 Å². The number of rotatable bonds is 6. The zero-order valence-electron chi connectivity index (χ0n) is 12.7. The Hall–Kier alpha value is -1.84. The first-order chi connectivity index (χ1) is 10.2. The van der Waals surface area contributed by atoms with E-state index in [-0.39, 0.29) is 11.8 Å². The zero-order chi connectivity index (χ0) is 15.1. The molecule has 0 aliphatic heterocycles. The fourth-order valence-corrected chi connectivity index (χ4v) is 2.81. The second-order valence-electron chi connectivity index (χ2n) is 5.78. The number of amides is 2. The highest BCUT2D eigenvalue weighted by molar-refractivity contribution is 5.94. The summed E-state index contributed by atoms with van der Waals surface area (Å²) in [6, 6.07) is 7.33. The third kappa shape index (κ3) is 5.21. The maximum Gasteiger partial charge on any atom is 0.224 e. The Balaban J connectivity index is 1.87. The van der Waals surface area contributed by atoms with Crippen molar-refractivity contribution in [3.63, 3.8) is 0 Å². The van der Waals surface area contributed by atoms with E-state index in [4.69, 9.17) is 0 Å². The molecule has 0 saturated heterocycles. The molecule has 2 amide bonds. The van der Waals surface area contributed by atoms with E-state index in [1.165, 1.54) is 25.7 Å². The second kappa shape index (κ2) is 7.81. The van der Waals surface area contributed by atoms with Crippen LogP contribution in [-0.4, -0.2) is 11.8 Å². The van der Waals surface area contributed by atoms with Gasteiger partial charge in [0, 0.05) is 24.2 Å². The van der Waals surface area contributed by atoms with Gasteiger partial charge in [-0.2, -0.15) is 0 Å². The molecule has 1 saturated carbocycles. The molecule has 0 spiro atoms. The first-order valence-corrected chi connectivity index (χ1v) is 7.87. The van der Waals surface area contributed by atoms with Crippen LogP contribution in [-0.2, 0) is 9.59 Å². The number of benzene rings is 1. The standard InChI is InChI=1S/C17H24N2O2/c1-2-6-16(20)18-14-9-5-10-15(12-14)19-17(21)11-13-7-3-4-8-13/h5,9-10,12-13H,2-4,6-8,11H2,1H3,(H,18,20)(H,19,21). The van der Waals surface area contributed by atoms with Crippen LogP contribution in [0.4, 0.5) is 11.4 Å². The average molecular weight is 288 g/mol. The van der Waals surface area contributed by atoms with E-state index in [2.05, 4.69) is 10.6 Å². The van der Waals surface area contributed by atoms with Crippen molar-refractivity contribution in [3.8, 4) is 0 Å². The number of carbonyl (C=O) groups excluding carboxylic acids is 2. The van der Waals surface area contributed by atoms with Crippen LogP contribution >= 0.6 is 0 Å². The summed E-state index contributed by atoms with van der Waals surface area (Å²) in [6.45, 7) is 1.97. The fraction of sp³-hybridized carbons (Fsp3) is 0.529. The summed E-state index contributed by atoms with van der Waals surface area (Å²) in [7, 11) is 0. The SMILES string of the molecule is CCCC(=O)Nc1cccc(NC(=O)CC2CCCC2)c1. The van der Waals surface area contributed by atoms with Crippen LogP contribution < -0.4 is 10.6 Å². The van der Waals surface area contributed by atoms with Crippen LogP contribution in [0, 0.1) is 5.92 Å². The molecule has 0 unspecified atom stereocenters. The van der Waals surface area contributed by atoms with Gasteiger partial charge in [-0.1, -0.05) is 25.8 Å². The maximum absolute atomic E-state index is 12.0. The Morgan fingerprint density at radius 3 is 2.33 bits per heavy atom. The molecule has 114 valence electrons. The van der Waals surface area contributed by atoms with Crippen LogP contribution in [0.15, 0.2) is 24.3 Å². The molecule has 21 heavy (non-hydrogen) atoms. The predicted molar refractivity (Wildman–Crippen MR) is 85.2 cm³/mol. The number of hydrogen-bond donors (Lipinski definition) is 2. The van der Waals surface area contributed by atoms with Gasteiger partial charge in [-0.3, -0.25) is 9.59 Å².